The van der Waals surface area contributed by atoms with E-state index in [1.165, 1.54) is 12.1 Å². The van der Waals surface area contributed by atoms with Gasteiger partial charge in [-0.2, -0.15) is 5.11 Å². The van der Waals surface area contributed by atoms with Crippen molar-refractivity contribution in [1.29, 1.82) is 0 Å². The quantitative estimate of drug-likeness (QED) is 0.251. The van der Waals surface area contributed by atoms with E-state index < -0.39 is 0 Å². The van der Waals surface area contributed by atoms with E-state index in [9.17, 15) is 10.2 Å². The summed E-state index contributed by atoms with van der Waals surface area (Å²) >= 11 is 9.19. The lowest BCUT2D eigenvalue weighted by Crippen LogP contribution is -1.90. The van der Waals surface area contributed by atoms with E-state index in [0.29, 0.717) is 16.4 Å². The van der Waals surface area contributed by atoms with Crippen LogP contribution in [0.25, 0.3) is 0 Å². The van der Waals surface area contributed by atoms with Crippen LogP contribution < -0.4 is 5.32 Å². The van der Waals surface area contributed by atoms with Gasteiger partial charge >= 0.3 is 0 Å². The van der Waals surface area contributed by atoms with Crippen molar-refractivity contribution in [3.8, 4) is 11.5 Å². The van der Waals surface area contributed by atoms with Crippen molar-refractivity contribution < 1.29 is 10.2 Å². The first-order valence-electron chi connectivity index (χ1n) is 7.27. The SMILES string of the molecule is Oc1cc(Nc2ccc(Cl)cc2)c(O)cc1N=Nc1ccc(Br)cc1. The molecular formula is C18H13BrClN3O2. The minimum absolute atomic E-state index is 0.0579. The number of hydrogen-bond donors (Lipinski definition) is 3. The lowest BCUT2D eigenvalue weighted by Gasteiger charge is -2.10. The van der Waals surface area contributed by atoms with Gasteiger partial charge in [0, 0.05) is 27.3 Å². The molecule has 3 rings (SSSR count). The van der Waals surface area contributed by atoms with Crippen molar-refractivity contribution in [2.75, 3.05) is 5.32 Å². The monoisotopic (exact) mass is 417 g/mol. The normalized spacial score (nSPS) is 11.0. The molecule has 126 valence electrons. The fraction of sp³-hybridized carbons (Fsp3) is 0. The molecule has 0 aliphatic heterocycles. The van der Waals surface area contributed by atoms with Crippen LogP contribution >= 0.6 is 27.5 Å². The van der Waals surface area contributed by atoms with Crippen LogP contribution in [-0.2, 0) is 0 Å². The summed E-state index contributed by atoms with van der Waals surface area (Å²) in [5.41, 5.74) is 1.87. The van der Waals surface area contributed by atoms with Crippen molar-refractivity contribution in [1.82, 2.24) is 0 Å². The first-order chi connectivity index (χ1) is 12.0. The van der Waals surface area contributed by atoms with Crippen molar-refractivity contribution in [2.24, 2.45) is 10.2 Å². The third kappa shape index (κ3) is 4.49. The molecule has 3 N–H and O–H groups in total. The molecule has 7 heteroatoms. The number of phenols is 2. The van der Waals surface area contributed by atoms with Gasteiger partial charge in [0.25, 0.3) is 0 Å². The van der Waals surface area contributed by atoms with E-state index >= 15 is 0 Å². The summed E-state index contributed by atoms with van der Waals surface area (Å²) in [7, 11) is 0. The third-order valence-corrected chi connectivity index (χ3v) is 4.10. The van der Waals surface area contributed by atoms with Crippen LogP contribution in [0.2, 0.25) is 5.02 Å². The molecule has 0 amide bonds. The van der Waals surface area contributed by atoms with Gasteiger partial charge in [-0.3, -0.25) is 0 Å². The molecule has 0 saturated heterocycles. The number of rotatable bonds is 4. The summed E-state index contributed by atoms with van der Waals surface area (Å²) in [5, 5.41) is 31.9. The van der Waals surface area contributed by atoms with Crippen molar-refractivity contribution in [2.45, 2.75) is 0 Å². The van der Waals surface area contributed by atoms with Gasteiger partial charge in [0.1, 0.15) is 17.2 Å². The molecule has 25 heavy (non-hydrogen) atoms. The van der Waals surface area contributed by atoms with Gasteiger partial charge in [0.15, 0.2) is 0 Å². The summed E-state index contributed by atoms with van der Waals surface area (Å²) < 4.78 is 0.935. The number of anilines is 2. The first-order valence-corrected chi connectivity index (χ1v) is 8.44. The molecule has 0 aliphatic rings. The number of phenolic OH excluding ortho intramolecular Hbond substituents is 2. The van der Waals surface area contributed by atoms with Crippen LogP contribution in [0, 0.1) is 0 Å². The Bertz CT molecular complexity index is 913. The smallest absolute Gasteiger partial charge is 0.145 e. The van der Waals surface area contributed by atoms with Crippen molar-refractivity contribution in [3.63, 3.8) is 0 Å². The molecule has 5 nitrogen and oxygen atoms in total. The molecule has 0 bridgehead atoms. The Morgan fingerprint density at radius 2 is 1.52 bits per heavy atom. The van der Waals surface area contributed by atoms with E-state index in [2.05, 4.69) is 31.5 Å². The first kappa shape index (κ1) is 17.3. The molecular weight excluding hydrogens is 406 g/mol. The second kappa shape index (κ2) is 7.55. The van der Waals surface area contributed by atoms with Gasteiger partial charge in [-0.05, 0) is 48.5 Å². The zero-order valence-corrected chi connectivity index (χ0v) is 15.2. The van der Waals surface area contributed by atoms with Crippen LogP contribution in [0.1, 0.15) is 0 Å². The highest BCUT2D eigenvalue weighted by molar-refractivity contribution is 9.10. The summed E-state index contributed by atoms with van der Waals surface area (Å²) in [6, 6.07) is 16.9. The second-order valence-electron chi connectivity index (χ2n) is 5.17. The van der Waals surface area contributed by atoms with Crippen LogP contribution in [0.3, 0.4) is 0 Å². The zero-order chi connectivity index (χ0) is 17.8. The number of azo groups is 1. The highest BCUT2D eigenvalue weighted by atomic mass is 79.9. The summed E-state index contributed by atoms with van der Waals surface area (Å²) in [4.78, 5) is 0. The minimum Gasteiger partial charge on any atom is -0.506 e. The van der Waals surface area contributed by atoms with Gasteiger partial charge < -0.3 is 15.5 Å². The maximum absolute atomic E-state index is 10.2. The molecule has 3 aromatic rings. The second-order valence-corrected chi connectivity index (χ2v) is 6.52. The molecule has 3 aromatic carbocycles. The molecule has 0 aliphatic carbocycles. The number of aromatic hydroxyl groups is 2. The average molecular weight is 419 g/mol. The maximum Gasteiger partial charge on any atom is 0.145 e. The van der Waals surface area contributed by atoms with Crippen molar-refractivity contribution >= 4 is 50.3 Å². The van der Waals surface area contributed by atoms with Gasteiger partial charge in [0.2, 0.25) is 0 Å². The Labute approximate surface area is 157 Å². The number of nitrogens with one attached hydrogen (secondary N) is 1. The Morgan fingerprint density at radius 3 is 2.20 bits per heavy atom. The van der Waals surface area contributed by atoms with Gasteiger partial charge in [-0.25, -0.2) is 0 Å². The third-order valence-electron chi connectivity index (χ3n) is 3.32. The van der Waals surface area contributed by atoms with E-state index in [-0.39, 0.29) is 17.2 Å². The molecule has 0 aromatic heterocycles. The van der Waals surface area contributed by atoms with E-state index in [4.69, 9.17) is 11.6 Å². The Balaban J connectivity index is 1.82. The Morgan fingerprint density at radius 1 is 0.840 bits per heavy atom. The van der Waals surface area contributed by atoms with E-state index in [0.717, 1.165) is 10.2 Å². The van der Waals surface area contributed by atoms with Crippen LogP contribution in [0.4, 0.5) is 22.7 Å². The average Bonchev–Trinajstić information content (AvgIpc) is 2.60. The zero-order valence-electron chi connectivity index (χ0n) is 12.8. The fourth-order valence-electron chi connectivity index (χ4n) is 2.05. The number of nitrogens with zero attached hydrogens (tertiary/aromatic N) is 2. The molecule has 0 unspecified atom stereocenters. The molecule has 0 atom stereocenters. The standard InChI is InChI=1S/C18H13BrClN3O2/c19-11-1-5-14(6-2-11)22-23-16-10-17(24)15(9-18(16)25)21-13-7-3-12(20)4-8-13/h1-10,21,24-25H. The number of halogens is 2. The lowest BCUT2D eigenvalue weighted by molar-refractivity contribution is 0.463. The molecule has 0 radical (unpaired) electrons. The van der Waals surface area contributed by atoms with Crippen LogP contribution in [-0.4, -0.2) is 10.2 Å². The van der Waals surface area contributed by atoms with E-state index in [1.807, 2.05) is 12.1 Å². The molecule has 0 saturated carbocycles. The molecule has 0 spiro atoms. The summed E-state index contributed by atoms with van der Waals surface area (Å²) in [6.07, 6.45) is 0. The highest BCUT2D eigenvalue weighted by Crippen LogP contribution is 2.38. The largest absolute Gasteiger partial charge is 0.506 e. The molecule has 0 fully saturated rings. The van der Waals surface area contributed by atoms with E-state index in [1.54, 1.807) is 36.4 Å². The predicted molar refractivity (Wildman–Crippen MR) is 103 cm³/mol. The van der Waals surface area contributed by atoms with Gasteiger partial charge in [0.05, 0.1) is 11.4 Å². The number of hydrogen-bond acceptors (Lipinski definition) is 5. The maximum atomic E-state index is 10.2. The highest BCUT2D eigenvalue weighted by Gasteiger charge is 2.09. The number of benzene rings is 3. The van der Waals surface area contributed by atoms with Crippen molar-refractivity contribution in [3.05, 3.63) is 70.2 Å². The topological polar surface area (TPSA) is 77.2 Å². The summed E-state index contributed by atoms with van der Waals surface area (Å²) in [5.74, 6) is -0.160. The Hall–Kier alpha value is -2.57. The fourth-order valence-corrected chi connectivity index (χ4v) is 2.44. The predicted octanol–water partition coefficient (Wildman–Crippen LogP) is 6.67. The minimum atomic E-state index is -0.102. The Kier molecular flexibility index (Phi) is 5.21. The van der Waals surface area contributed by atoms with Crippen LogP contribution in [0.15, 0.2) is 75.4 Å². The van der Waals surface area contributed by atoms with Gasteiger partial charge in [-0.1, -0.05) is 27.5 Å². The summed E-state index contributed by atoms with van der Waals surface area (Å²) in [6.45, 7) is 0. The van der Waals surface area contributed by atoms with Gasteiger partial charge in [-0.15, -0.1) is 5.11 Å². The molecule has 0 heterocycles. The lowest BCUT2D eigenvalue weighted by atomic mass is 10.2. The van der Waals surface area contributed by atoms with Crippen LogP contribution in [0.5, 0.6) is 11.5 Å².